The zero-order valence-corrected chi connectivity index (χ0v) is 28.8. The molecular weight excluding hydrogens is 660 g/mol. The van der Waals surface area contributed by atoms with Crippen LogP contribution in [0.5, 0.6) is 0 Å². The molecule has 0 spiro atoms. The fourth-order valence-electron chi connectivity index (χ4n) is 6.11. The molecule has 0 bridgehead atoms. The summed E-state index contributed by atoms with van der Waals surface area (Å²) in [4.78, 5) is 50.9. The normalized spacial score (nSPS) is 17.4. The van der Waals surface area contributed by atoms with Crippen molar-refractivity contribution in [2.75, 3.05) is 60.0 Å². The summed E-state index contributed by atoms with van der Waals surface area (Å²) in [6, 6.07) is 10.4. The van der Waals surface area contributed by atoms with Crippen LogP contribution in [0.1, 0.15) is 54.4 Å². The molecule has 2 heterocycles. The van der Waals surface area contributed by atoms with E-state index in [0.29, 0.717) is 44.3 Å². The predicted molar refractivity (Wildman–Crippen MR) is 180 cm³/mol. The van der Waals surface area contributed by atoms with Crippen LogP contribution in [0.4, 0.5) is 4.79 Å². The number of likely N-dealkylation sites (tertiary alicyclic amines) is 1. The van der Waals surface area contributed by atoms with E-state index in [4.69, 9.17) is 51.2 Å². The minimum Gasteiger partial charge on any atom is -0.399 e. The smallest absolute Gasteiger partial charge is 0.320 e. The molecule has 3 amide bonds. The molecule has 9 nitrogen and oxygen atoms in total. The van der Waals surface area contributed by atoms with Gasteiger partial charge in [0, 0.05) is 60.8 Å². The van der Waals surface area contributed by atoms with E-state index in [2.05, 4.69) is 10.1 Å². The maximum Gasteiger partial charge on any atom is 0.320 e. The molecule has 244 valence electrons. The van der Waals surface area contributed by atoms with Crippen LogP contribution in [-0.2, 0) is 9.63 Å². The summed E-state index contributed by atoms with van der Waals surface area (Å²) < 4.78 is 0. The third kappa shape index (κ3) is 9.48. The Labute approximate surface area is 284 Å². The largest absolute Gasteiger partial charge is 0.399 e. The molecule has 0 radical (unpaired) electrons. The maximum atomic E-state index is 13.3. The summed E-state index contributed by atoms with van der Waals surface area (Å²) in [5, 5.41) is 6.01. The van der Waals surface area contributed by atoms with Crippen molar-refractivity contribution in [2.45, 2.75) is 44.6 Å². The van der Waals surface area contributed by atoms with Crippen molar-refractivity contribution in [2.24, 2.45) is 5.16 Å². The van der Waals surface area contributed by atoms with E-state index in [-0.39, 0.29) is 42.8 Å². The number of hydrogen-bond donors (Lipinski definition) is 0. The molecule has 2 aromatic carbocycles. The molecule has 2 saturated heterocycles. The zero-order chi connectivity index (χ0) is 32.7. The topological polar surface area (TPSA) is 85.8 Å². The molecule has 0 N–H and O–H groups in total. The molecule has 13 heteroatoms. The van der Waals surface area contributed by atoms with Gasteiger partial charge in [-0.25, -0.2) is 4.79 Å². The fourth-order valence-corrected chi connectivity index (χ4v) is 6.95. The van der Waals surface area contributed by atoms with Gasteiger partial charge in [0.25, 0.3) is 5.91 Å². The molecule has 1 atom stereocenters. The zero-order valence-electron chi connectivity index (χ0n) is 25.8. The lowest BCUT2D eigenvalue weighted by atomic mass is 9.89. The van der Waals surface area contributed by atoms with Crippen molar-refractivity contribution >= 4 is 69.8 Å². The van der Waals surface area contributed by atoms with E-state index in [1.807, 2.05) is 17.0 Å². The van der Waals surface area contributed by atoms with Crippen molar-refractivity contribution in [3.05, 3.63) is 67.6 Å². The third-order valence-corrected chi connectivity index (χ3v) is 9.48. The van der Waals surface area contributed by atoms with Crippen molar-refractivity contribution in [3.8, 4) is 0 Å². The Morgan fingerprint density at radius 3 is 2.31 bits per heavy atom. The highest BCUT2D eigenvalue weighted by molar-refractivity contribution is 6.42. The Morgan fingerprint density at radius 1 is 1.00 bits per heavy atom. The summed E-state index contributed by atoms with van der Waals surface area (Å²) in [5.74, 6) is -0.482. The summed E-state index contributed by atoms with van der Waals surface area (Å²) in [6.07, 6.45) is 3.27. The first-order valence-electron chi connectivity index (χ1n) is 15.0. The number of amides is 3. The predicted octanol–water partition coefficient (Wildman–Crippen LogP) is 6.73. The second-order valence-corrected chi connectivity index (χ2v) is 13.3. The van der Waals surface area contributed by atoms with Crippen molar-refractivity contribution in [1.29, 1.82) is 0 Å². The van der Waals surface area contributed by atoms with E-state index < -0.39 is 0 Å². The first kappa shape index (κ1) is 35.3. The summed E-state index contributed by atoms with van der Waals surface area (Å²) >= 11 is 25.0. The van der Waals surface area contributed by atoms with Gasteiger partial charge < -0.3 is 24.4 Å². The number of benzene rings is 2. The average molecular weight is 700 g/mol. The van der Waals surface area contributed by atoms with E-state index >= 15 is 0 Å². The molecule has 45 heavy (non-hydrogen) atoms. The quantitative estimate of drug-likeness (QED) is 0.181. The van der Waals surface area contributed by atoms with Crippen molar-refractivity contribution in [3.63, 3.8) is 0 Å². The SMILES string of the molecule is CO/N=C(/CN(C)C(=O)c1cc(Cl)cc(Cl)c1)C(CCN1CCC(N2CCCN(CC(C)=O)C2=O)CC1)c1ccc(Cl)c(Cl)c1. The average Bonchev–Trinajstić information content (AvgIpc) is 2.99. The van der Waals surface area contributed by atoms with Crippen LogP contribution in [0.2, 0.25) is 20.1 Å². The second kappa shape index (κ2) is 16.3. The Bertz CT molecular complexity index is 1400. The highest BCUT2D eigenvalue weighted by Crippen LogP contribution is 2.31. The van der Waals surface area contributed by atoms with Crippen LogP contribution in [0, 0.1) is 0 Å². The van der Waals surface area contributed by atoms with Crippen LogP contribution in [0.3, 0.4) is 0 Å². The third-order valence-electron chi connectivity index (χ3n) is 8.30. The number of ketones is 1. The molecule has 2 fully saturated rings. The van der Waals surface area contributed by atoms with Gasteiger partial charge in [-0.1, -0.05) is 57.6 Å². The summed E-state index contributed by atoms with van der Waals surface area (Å²) in [7, 11) is 3.17. The molecule has 2 aliphatic rings. The second-order valence-electron chi connectivity index (χ2n) is 11.6. The number of oxime groups is 1. The summed E-state index contributed by atoms with van der Waals surface area (Å²) in [6.45, 7) is 5.65. The van der Waals surface area contributed by atoms with Gasteiger partial charge >= 0.3 is 6.03 Å². The number of nitrogens with zero attached hydrogens (tertiary/aromatic N) is 5. The molecule has 1 unspecified atom stereocenters. The van der Waals surface area contributed by atoms with E-state index in [1.165, 1.54) is 14.0 Å². The lowest BCUT2D eigenvalue weighted by Crippen LogP contribution is -2.56. The Balaban J connectivity index is 1.45. The van der Waals surface area contributed by atoms with Crippen LogP contribution in [0.25, 0.3) is 0 Å². The number of halogens is 4. The van der Waals surface area contributed by atoms with Crippen LogP contribution < -0.4 is 0 Å². The summed E-state index contributed by atoms with van der Waals surface area (Å²) in [5.41, 5.74) is 1.93. The molecule has 2 aromatic rings. The molecular formula is C32H39Cl4N5O4. The highest BCUT2D eigenvalue weighted by Gasteiger charge is 2.34. The van der Waals surface area contributed by atoms with Gasteiger partial charge in [-0.05, 0) is 75.0 Å². The lowest BCUT2D eigenvalue weighted by Gasteiger charge is -2.43. The van der Waals surface area contributed by atoms with Gasteiger partial charge in [-0.3, -0.25) is 9.59 Å². The van der Waals surface area contributed by atoms with Crippen LogP contribution >= 0.6 is 46.4 Å². The van der Waals surface area contributed by atoms with Gasteiger partial charge in [-0.15, -0.1) is 0 Å². The van der Waals surface area contributed by atoms with Gasteiger partial charge in [0.2, 0.25) is 0 Å². The lowest BCUT2D eigenvalue weighted by molar-refractivity contribution is -0.118. The first-order valence-corrected chi connectivity index (χ1v) is 16.5. The number of hydrogen-bond acceptors (Lipinski definition) is 6. The monoisotopic (exact) mass is 697 g/mol. The maximum absolute atomic E-state index is 13.3. The van der Waals surface area contributed by atoms with Gasteiger partial charge in [0.15, 0.2) is 0 Å². The Hall–Kier alpha value is -2.56. The van der Waals surface area contributed by atoms with Gasteiger partial charge in [0.1, 0.15) is 12.9 Å². The van der Waals surface area contributed by atoms with E-state index in [9.17, 15) is 14.4 Å². The van der Waals surface area contributed by atoms with Crippen molar-refractivity contribution in [1.82, 2.24) is 19.6 Å². The number of carbonyl (C=O) groups excluding carboxylic acids is 3. The molecule has 0 saturated carbocycles. The molecule has 2 aliphatic heterocycles. The Kier molecular flexibility index (Phi) is 12.8. The standard InChI is InChI=1S/C32H39Cl4N5O4/c1-21(42)19-40-10-4-11-41(32(40)44)26-7-12-39(13-8-26)14-9-27(22-5-6-28(35)29(36)17-22)30(37-45-3)20-38(2)31(43)23-15-24(33)18-25(34)16-23/h5-6,15-18,26-27H,4,7-14,19-20H2,1-3H3/b37-30-. The fraction of sp³-hybridized carbons (Fsp3) is 0.500. The van der Waals surface area contributed by atoms with Crippen LogP contribution in [0.15, 0.2) is 41.6 Å². The number of carbonyl (C=O) groups is 3. The number of Topliss-reactive ketones (excluding diaryl/α,β-unsaturated/α-hetero) is 1. The van der Waals surface area contributed by atoms with Gasteiger partial charge in [0.05, 0.1) is 28.8 Å². The number of urea groups is 1. The van der Waals surface area contributed by atoms with Gasteiger partial charge in [-0.2, -0.15) is 0 Å². The first-order chi connectivity index (χ1) is 21.5. The number of rotatable bonds is 12. The Morgan fingerprint density at radius 2 is 1.69 bits per heavy atom. The van der Waals surface area contributed by atoms with E-state index in [0.717, 1.165) is 51.0 Å². The van der Waals surface area contributed by atoms with Crippen molar-refractivity contribution < 1.29 is 19.2 Å². The minimum absolute atomic E-state index is 0.00245. The van der Waals surface area contributed by atoms with Crippen LogP contribution in [-0.4, -0.2) is 109 Å². The molecule has 0 aliphatic carbocycles. The highest BCUT2D eigenvalue weighted by atomic mass is 35.5. The molecule has 4 rings (SSSR count). The minimum atomic E-state index is -0.257. The molecule has 0 aromatic heterocycles. The van der Waals surface area contributed by atoms with E-state index in [1.54, 1.807) is 41.1 Å². The number of piperidine rings is 1.